The van der Waals surface area contributed by atoms with Crippen molar-refractivity contribution in [3.05, 3.63) is 42.5 Å². The number of benzene rings is 1. The van der Waals surface area contributed by atoms with Gasteiger partial charge in [-0.25, -0.2) is 14.5 Å². The van der Waals surface area contributed by atoms with Gasteiger partial charge in [-0.15, -0.1) is 0 Å². The van der Waals surface area contributed by atoms with E-state index in [9.17, 15) is 9.59 Å². The van der Waals surface area contributed by atoms with Gasteiger partial charge in [0.15, 0.2) is 0 Å². The number of amides is 3. The quantitative estimate of drug-likeness (QED) is 0.843. The zero-order chi connectivity index (χ0) is 19.2. The van der Waals surface area contributed by atoms with Crippen LogP contribution >= 0.6 is 0 Å². The molecule has 3 rings (SSSR count). The molecule has 2 aromatic rings. The van der Waals surface area contributed by atoms with E-state index in [1.807, 2.05) is 36.1 Å². The minimum absolute atomic E-state index is 0.0934. The van der Waals surface area contributed by atoms with Crippen LogP contribution in [0.1, 0.15) is 37.8 Å². The van der Waals surface area contributed by atoms with E-state index in [-0.39, 0.29) is 18.0 Å². The Balaban J connectivity index is 1.49. The maximum atomic E-state index is 12.4. The fourth-order valence-electron chi connectivity index (χ4n) is 3.17. The molecular weight excluding hydrogens is 344 g/mol. The van der Waals surface area contributed by atoms with Crippen molar-refractivity contribution in [2.24, 2.45) is 0 Å². The highest BCUT2D eigenvalue weighted by molar-refractivity contribution is 5.78. The van der Waals surface area contributed by atoms with Crippen LogP contribution in [0.2, 0.25) is 0 Å². The van der Waals surface area contributed by atoms with E-state index in [1.54, 1.807) is 23.0 Å². The first-order chi connectivity index (χ1) is 13.1. The Bertz CT molecular complexity index is 753. The Hall–Kier alpha value is -2.90. The van der Waals surface area contributed by atoms with Gasteiger partial charge in [-0.3, -0.25) is 4.79 Å². The lowest BCUT2D eigenvalue weighted by Crippen LogP contribution is -2.40. The molecule has 0 saturated carbocycles. The fraction of sp³-hybridized carbons (Fsp3) is 0.474. The van der Waals surface area contributed by atoms with Crippen LogP contribution in [0, 0.1) is 0 Å². The largest absolute Gasteiger partial charge is 0.343 e. The highest BCUT2D eigenvalue weighted by atomic mass is 16.2. The molecule has 1 aromatic carbocycles. The molecule has 1 saturated heterocycles. The molecule has 1 aliphatic rings. The summed E-state index contributed by atoms with van der Waals surface area (Å²) >= 11 is 0. The number of likely N-dealkylation sites (tertiary alicyclic amines) is 1. The van der Waals surface area contributed by atoms with E-state index in [1.165, 1.54) is 6.33 Å². The standard InChI is InChI=1S/C19H26N6O2/c1-15(16-5-7-17(8-6-16)25-14-20-13-22-25)23(2)19(27)21-10-9-18(26)24-11-3-4-12-24/h5-8,13-15H,3-4,9-12H2,1-2H3,(H,21,27). The fourth-order valence-corrected chi connectivity index (χ4v) is 3.17. The summed E-state index contributed by atoms with van der Waals surface area (Å²) in [5.41, 5.74) is 1.93. The van der Waals surface area contributed by atoms with E-state index in [2.05, 4.69) is 15.4 Å². The summed E-state index contributed by atoms with van der Waals surface area (Å²) in [6.45, 7) is 4.01. The smallest absolute Gasteiger partial charge is 0.317 e. The molecule has 3 amide bonds. The number of aromatic nitrogens is 3. The molecule has 1 aliphatic heterocycles. The van der Waals surface area contributed by atoms with Crippen molar-refractivity contribution in [2.45, 2.75) is 32.2 Å². The topological polar surface area (TPSA) is 83.4 Å². The first-order valence-corrected chi connectivity index (χ1v) is 9.29. The van der Waals surface area contributed by atoms with Crippen LogP contribution in [-0.4, -0.2) is 63.2 Å². The summed E-state index contributed by atoms with van der Waals surface area (Å²) in [7, 11) is 1.76. The first-order valence-electron chi connectivity index (χ1n) is 9.29. The third-order valence-corrected chi connectivity index (χ3v) is 5.03. The highest BCUT2D eigenvalue weighted by Crippen LogP contribution is 2.20. The molecule has 0 aliphatic carbocycles. The zero-order valence-corrected chi connectivity index (χ0v) is 15.8. The van der Waals surface area contributed by atoms with Gasteiger partial charge in [-0.2, -0.15) is 5.10 Å². The van der Waals surface area contributed by atoms with Crippen molar-refractivity contribution in [1.82, 2.24) is 29.9 Å². The molecule has 1 fully saturated rings. The van der Waals surface area contributed by atoms with Gasteiger partial charge >= 0.3 is 6.03 Å². The Morgan fingerprint density at radius 2 is 1.93 bits per heavy atom. The van der Waals surface area contributed by atoms with Crippen molar-refractivity contribution >= 4 is 11.9 Å². The number of carbonyl (C=O) groups is 2. The van der Waals surface area contributed by atoms with Crippen LogP contribution < -0.4 is 5.32 Å². The van der Waals surface area contributed by atoms with Crippen LogP contribution in [0.15, 0.2) is 36.9 Å². The third-order valence-electron chi connectivity index (χ3n) is 5.03. The Morgan fingerprint density at radius 1 is 1.22 bits per heavy atom. The van der Waals surface area contributed by atoms with E-state index in [0.29, 0.717) is 13.0 Å². The van der Waals surface area contributed by atoms with Crippen molar-refractivity contribution in [1.29, 1.82) is 0 Å². The average molecular weight is 370 g/mol. The van der Waals surface area contributed by atoms with E-state index < -0.39 is 0 Å². The van der Waals surface area contributed by atoms with E-state index in [4.69, 9.17) is 0 Å². The van der Waals surface area contributed by atoms with Crippen LogP contribution in [0.25, 0.3) is 5.69 Å². The molecule has 2 heterocycles. The summed E-state index contributed by atoms with van der Waals surface area (Å²) in [5.74, 6) is 0.118. The summed E-state index contributed by atoms with van der Waals surface area (Å²) < 4.78 is 1.68. The Kier molecular flexibility index (Phi) is 6.05. The van der Waals surface area contributed by atoms with Gasteiger partial charge in [0.25, 0.3) is 0 Å². The predicted octanol–water partition coefficient (Wildman–Crippen LogP) is 1.98. The predicted molar refractivity (Wildman–Crippen MR) is 101 cm³/mol. The zero-order valence-electron chi connectivity index (χ0n) is 15.8. The maximum absolute atomic E-state index is 12.4. The molecule has 0 spiro atoms. The van der Waals surface area contributed by atoms with Gasteiger partial charge in [-0.1, -0.05) is 12.1 Å². The highest BCUT2D eigenvalue weighted by Gasteiger charge is 2.20. The van der Waals surface area contributed by atoms with Gasteiger partial charge in [0, 0.05) is 33.1 Å². The minimum atomic E-state index is -0.183. The lowest BCUT2D eigenvalue weighted by atomic mass is 10.1. The molecule has 1 aromatic heterocycles. The van der Waals surface area contributed by atoms with Gasteiger partial charge in [0.1, 0.15) is 12.7 Å². The molecule has 1 unspecified atom stereocenters. The SMILES string of the molecule is CC(c1ccc(-n2cncn2)cc1)N(C)C(=O)NCCC(=O)N1CCCC1. The van der Waals surface area contributed by atoms with Gasteiger partial charge in [0.2, 0.25) is 5.91 Å². The second-order valence-corrected chi connectivity index (χ2v) is 6.79. The first kappa shape index (κ1) is 18.9. The lowest BCUT2D eigenvalue weighted by Gasteiger charge is -2.26. The van der Waals surface area contributed by atoms with Crippen molar-refractivity contribution in [2.75, 3.05) is 26.7 Å². The van der Waals surface area contributed by atoms with Crippen LogP contribution in [0.5, 0.6) is 0 Å². The number of hydrogen-bond donors (Lipinski definition) is 1. The summed E-state index contributed by atoms with van der Waals surface area (Å²) in [5, 5.41) is 6.94. The molecule has 1 atom stereocenters. The molecule has 0 radical (unpaired) electrons. The van der Waals surface area contributed by atoms with Crippen molar-refractivity contribution in [3.8, 4) is 5.69 Å². The van der Waals surface area contributed by atoms with E-state index >= 15 is 0 Å². The van der Waals surface area contributed by atoms with Gasteiger partial charge in [0.05, 0.1) is 11.7 Å². The molecule has 144 valence electrons. The molecule has 8 heteroatoms. The number of nitrogens with one attached hydrogen (secondary N) is 1. The Labute approximate surface area is 159 Å². The number of urea groups is 1. The maximum Gasteiger partial charge on any atom is 0.317 e. The second kappa shape index (κ2) is 8.66. The number of carbonyl (C=O) groups excluding carboxylic acids is 2. The molecule has 8 nitrogen and oxygen atoms in total. The normalized spacial score (nSPS) is 14.8. The van der Waals surface area contributed by atoms with Crippen LogP contribution in [0.3, 0.4) is 0 Å². The van der Waals surface area contributed by atoms with Crippen LogP contribution in [0.4, 0.5) is 4.79 Å². The average Bonchev–Trinajstić information content (AvgIpc) is 3.40. The number of rotatable bonds is 6. The van der Waals surface area contributed by atoms with Gasteiger partial charge in [-0.05, 0) is 37.5 Å². The molecule has 0 bridgehead atoms. The van der Waals surface area contributed by atoms with Crippen molar-refractivity contribution < 1.29 is 9.59 Å². The number of nitrogens with zero attached hydrogens (tertiary/aromatic N) is 5. The van der Waals surface area contributed by atoms with Crippen LogP contribution in [-0.2, 0) is 4.79 Å². The van der Waals surface area contributed by atoms with Gasteiger partial charge < -0.3 is 15.1 Å². The second-order valence-electron chi connectivity index (χ2n) is 6.79. The van der Waals surface area contributed by atoms with E-state index in [0.717, 1.165) is 37.2 Å². The van der Waals surface area contributed by atoms with Crippen molar-refractivity contribution in [3.63, 3.8) is 0 Å². The summed E-state index contributed by atoms with van der Waals surface area (Å²) in [6, 6.07) is 7.56. The third kappa shape index (κ3) is 4.64. The molecule has 1 N–H and O–H groups in total. The molecular formula is C19H26N6O2. The lowest BCUT2D eigenvalue weighted by molar-refractivity contribution is -0.129. The summed E-state index contributed by atoms with van der Waals surface area (Å²) in [4.78, 5) is 31.9. The monoisotopic (exact) mass is 370 g/mol. The summed E-state index contributed by atoms with van der Waals surface area (Å²) in [6.07, 6.45) is 5.63. The molecule has 27 heavy (non-hydrogen) atoms. The number of hydrogen-bond acceptors (Lipinski definition) is 4. The Morgan fingerprint density at radius 3 is 2.56 bits per heavy atom. The minimum Gasteiger partial charge on any atom is -0.343 e.